The Bertz CT molecular complexity index is 514. The number of halogens is 1. The zero-order valence-electron chi connectivity index (χ0n) is 11.8. The normalized spacial score (nSPS) is 10.9. The number of thiazole rings is 1. The van der Waals surface area contributed by atoms with Gasteiger partial charge in [-0.05, 0) is 37.7 Å². The molecule has 0 radical (unpaired) electrons. The quantitative estimate of drug-likeness (QED) is 0.774. The maximum absolute atomic E-state index is 12.8. The summed E-state index contributed by atoms with van der Waals surface area (Å²) in [4.78, 5) is 7.15. The van der Waals surface area contributed by atoms with E-state index in [0.29, 0.717) is 0 Å². The van der Waals surface area contributed by atoms with Crippen LogP contribution < -0.4 is 5.32 Å². The Hall–Kier alpha value is -0.910. The van der Waals surface area contributed by atoms with Crippen LogP contribution in [0.1, 0.15) is 28.9 Å². The van der Waals surface area contributed by atoms with E-state index in [-0.39, 0.29) is 5.82 Å². The van der Waals surface area contributed by atoms with Crippen LogP contribution in [0.5, 0.6) is 0 Å². The van der Waals surface area contributed by atoms with Crippen LogP contribution in [-0.2, 0) is 18.7 Å². The molecule has 0 aliphatic carbocycles. The molecule has 1 heterocycles. The van der Waals surface area contributed by atoms with Crippen molar-refractivity contribution in [2.75, 3.05) is 7.05 Å². The Labute approximate surface area is 127 Å². The molecule has 1 N–H and O–H groups in total. The summed E-state index contributed by atoms with van der Waals surface area (Å²) in [6.07, 6.45) is 2.15. The van der Waals surface area contributed by atoms with E-state index in [0.717, 1.165) is 35.0 Å². The first-order valence-corrected chi connectivity index (χ1v) is 8.53. The van der Waals surface area contributed by atoms with Crippen LogP contribution >= 0.6 is 23.1 Å². The number of hydrogen-bond acceptors (Lipinski definition) is 4. The summed E-state index contributed by atoms with van der Waals surface area (Å²) in [6.45, 7) is 3.06. The third-order valence-electron chi connectivity index (χ3n) is 2.82. The molecular weight excluding hydrogens is 291 g/mol. The van der Waals surface area contributed by atoms with E-state index in [9.17, 15) is 4.39 Å². The number of hydrogen-bond donors (Lipinski definition) is 1. The highest BCUT2D eigenvalue weighted by molar-refractivity contribution is 7.98. The van der Waals surface area contributed by atoms with Gasteiger partial charge >= 0.3 is 0 Å². The zero-order chi connectivity index (χ0) is 14.4. The van der Waals surface area contributed by atoms with Gasteiger partial charge in [0.15, 0.2) is 0 Å². The summed E-state index contributed by atoms with van der Waals surface area (Å²) in [7, 11) is 1.96. The molecule has 0 saturated carbocycles. The van der Waals surface area contributed by atoms with Crippen LogP contribution in [0, 0.1) is 5.82 Å². The van der Waals surface area contributed by atoms with Crippen molar-refractivity contribution >= 4 is 23.1 Å². The number of nitrogens with zero attached hydrogens (tertiary/aromatic N) is 1. The van der Waals surface area contributed by atoms with Crippen molar-refractivity contribution in [3.8, 4) is 0 Å². The molecule has 2 aromatic rings. The van der Waals surface area contributed by atoms with E-state index in [2.05, 4.69) is 12.2 Å². The van der Waals surface area contributed by atoms with E-state index in [1.54, 1.807) is 23.1 Å². The van der Waals surface area contributed by atoms with Crippen LogP contribution in [0.4, 0.5) is 4.39 Å². The highest BCUT2D eigenvalue weighted by atomic mass is 32.2. The van der Waals surface area contributed by atoms with Crippen molar-refractivity contribution in [2.45, 2.75) is 37.0 Å². The lowest BCUT2D eigenvalue weighted by atomic mass is 10.2. The number of aromatic nitrogens is 1. The molecule has 0 aliphatic heterocycles. The first-order valence-electron chi connectivity index (χ1n) is 6.73. The van der Waals surface area contributed by atoms with E-state index in [1.165, 1.54) is 22.7 Å². The smallest absolute Gasteiger partial charge is 0.123 e. The van der Waals surface area contributed by atoms with Gasteiger partial charge in [0.2, 0.25) is 0 Å². The minimum atomic E-state index is -0.190. The van der Waals surface area contributed by atoms with Gasteiger partial charge in [-0.2, -0.15) is 0 Å². The van der Waals surface area contributed by atoms with Crippen LogP contribution in [0.2, 0.25) is 0 Å². The minimum absolute atomic E-state index is 0.190. The molecule has 0 amide bonds. The second kappa shape index (κ2) is 7.76. The van der Waals surface area contributed by atoms with E-state index in [4.69, 9.17) is 4.98 Å². The summed E-state index contributed by atoms with van der Waals surface area (Å²) in [5, 5.41) is 4.34. The van der Waals surface area contributed by atoms with Crippen molar-refractivity contribution in [1.82, 2.24) is 10.3 Å². The van der Waals surface area contributed by atoms with E-state index < -0.39 is 0 Å². The maximum atomic E-state index is 12.8. The van der Waals surface area contributed by atoms with Crippen LogP contribution in [0.25, 0.3) is 0 Å². The van der Waals surface area contributed by atoms with Crippen molar-refractivity contribution < 1.29 is 4.39 Å². The van der Waals surface area contributed by atoms with Gasteiger partial charge in [0.05, 0.1) is 11.4 Å². The number of rotatable bonds is 7. The van der Waals surface area contributed by atoms with Gasteiger partial charge < -0.3 is 5.32 Å². The summed E-state index contributed by atoms with van der Waals surface area (Å²) in [5.41, 5.74) is 1.22. The first-order chi connectivity index (χ1) is 9.72. The summed E-state index contributed by atoms with van der Waals surface area (Å²) < 4.78 is 12.8. The third-order valence-corrected chi connectivity index (χ3v) is 5.13. The average Bonchev–Trinajstić information content (AvgIpc) is 2.82. The Kier molecular flexibility index (Phi) is 6.01. The van der Waals surface area contributed by atoms with Gasteiger partial charge in [0.25, 0.3) is 0 Å². The molecule has 2 nitrogen and oxygen atoms in total. The van der Waals surface area contributed by atoms with Gasteiger partial charge in [0, 0.05) is 16.3 Å². The SMILES string of the molecule is CCCc1nc(CSc2ccc(F)cc2)sc1CNC. The number of thioether (sulfide) groups is 1. The Balaban J connectivity index is 2.01. The molecule has 108 valence electrons. The molecule has 20 heavy (non-hydrogen) atoms. The first kappa shape index (κ1) is 15.5. The molecule has 0 spiro atoms. The lowest BCUT2D eigenvalue weighted by molar-refractivity contribution is 0.626. The third kappa shape index (κ3) is 4.30. The number of aryl methyl sites for hydroxylation is 1. The van der Waals surface area contributed by atoms with Gasteiger partial charge in [-0.3, -0.25) is 0 Å². The topological polar surface area (TPSA) is 24.9 Å². The molecule has 0 atom stereocenters. The molecule has 0 saturated heterocycles. The second-order valence-corrected chi connectivity index (χ2v) is 6.72. The van der Waals surface area contributed by atoms with Crippen LogP contribution in [0.3, 0.4) is 0 Å². The maximum Gasteiger partial charge on any atom is 0.123 e. The summed E-state index contributed by atoms with van der Waals surface area (Å²) in [6, 6.07) is 6.63. The highest BCUT2D eigenvalue weighted by Crippen LogP contribution is 2.27. The molecular formula is C15H19FN2S2. The Morgan fingerprint density at radius 2 is 2.05 bits per heavy atom. The molecule has 1 aromatic heterocycles. The zero-order valence-corrected chi connectivity index (χ0v) is 13.4. The molecule has 1 aromatic carbocycles. The second-order valence-electron chi connectivity index (χ2n) is 4.50. The molecule has 0 unspecified atom stereocenters. The molecule has 0 bridgehead atoms. The van der Waals surface area contributed by atoms with Crippen LogP contribution in [-0.4, -0.2) is 12.0 Å². The minimum Gasteiger partial charge on any atom is -0.315 e. The highest BCUT2D eigenvalue weighted by Gasteiger charge is 2.10. The number of benzene rings is 1. The number of nitrogens with one attached hydrogen (secondary N) is 1. The molecule has 5 heteroatoms. The monoisotopic (exact) mass is 310 g/mol. The van der Waals surface area contributed by atoms with Crippen molar-refractivity contribution in [2.24, 2.45) is 0 Å². The van der Waals surface area contributed by atoms with Gasteiger partial charge in [-0.15, -0.1) is 23.1 Å². The summed E-state index contributed by atoms with van der Waals surface area (Å²) in [5.74, 6) is 0.654. The Morgan fingerprint density at radius 1 is 1.30 bits per heavy atom. The van der Waals surface area contributed by atoms with Gasteiger partial charge in [0.1, 0.15) is 10.8 Å². The van der Waals surface area contributed by atoms with Crippen molar-refractivity contribution in [3.63, 3.8) is 0 Å². The van der Waals surface area contributed by atoms with Crippen molar-refractivity contribution in [3.05, 3.63) is 45.7 Å². The fourth-order valence-corrected chi connectivity index (χ4v) is 3.92. The van der Waals surface area contributed by atoms with Gasteiger partial charge in [-0.1, -0.05) is 13.3 Å². The lowest BCUT2D eigenvalue weighted by Gasteiger charge is -1.98. The molecule has 0 fully saturated rings. The summed E-state index contributed by atoms with van der Waals surface area (Å²) >= 11 is 3.48. The predicted molar refractivity (Wildman–Crippen MR) is 84.8 cm³/mol. The predicted octanol–water partition coefficient (Wildman–Crippen LogP) is 4.25. The molecule has 0 aliphatic rings. The average molecular weight is 310 g/mol. The van der Waals surface area contributed by atoms with Crippen molar-refractivity contribution in [1.29, 1.82) is 0 Å². The lowest BCUT2D eigenvalue weighted by Crippen LogP contribution is -2.05. The van der Waals surface area contributed by atoms with Crippen LogP contribution in [0.15, 0.2) is 29.2 Å². The van der Waals surface area contributed by atoms with E-state index in [1.807, 2.05) is 19.2 Å². The standard InChI is InChI=1S/C15H19FN2S2/c1-3-4-13-14(9-17-2)20-15(18-13)10-19-12-7-5-11(16)6-8-12/h5-8,17H,3-4,9-10H2,1-2H3. The fraction of sp³-hybridized carbons (Fsp3) is 0.400. The fourth-order valence-electron chi connectivity index (χ4n) is 1.91. The molecule has 2 rings (SSSR count). The van der Waals surface area contributed by atoms with E-state index >= 15 is 0 Å². The Morgan fingerprint density at radius 3 is 2.70 bits per heavy atom. The van der Waals surface area contributed by atoms with Gasteiger partial charge in [-0.25, -0.2) is 9.37 Å². The largest absolute Gasteiger partial charge is 0.315 e.